The van der Waals surface area contributed by atoms with Gasteiger partial charge >= 0.3 is 0 Å². The predicted octanol–water partition coefficient (Wildman–Crippen LogP) is 0.302. The maximum atomic E-state index is 13.2. The fourth-order valence-corrected chi connectivity index (χ4v) is 4.10. The first-order valence-electron chi connectivity index (χ1n) is 9.92. The van der Waals surface area contributed by atoms with Gasteiger partial charge < -0.3 is 5.21 Å². The van der Waals surface area contributed by atoms with Gasteiger partial charge in [-0.2, -0.15) is 9.72 Å². The Morgan fingerprint density at radius 1 is 1.31 bits per heavy atom. The number of hydrogen-bond donors (Lipinski definition) is 3. The number of pyridine rings is 1. The van der Waals surface area contributed by atoms with Gasteiger partial charge in [0.2, 0.25) is 12.3 Å². The summed E-state index contributed by atoms with van der Waals surface area (Å²) < 4.78 is 0.739. The van der Waals surface area contributed by atoms with E-state index in [9.17, 15) is 24.8 Å². The first kappa shape index (κ1) is 21.0. The number of hydroxylamine groups is 2. The SMILES string of the molecule is O=CN(O)C[C@@H](CC1CCCC1)C(=O)N1NCC[C@H]1C(=O)N=c1ccccn1O. The monoisotopic (exact) mass is 405 g/mol. The topological polar surface area (TPSA) is 127 Å². The molecule has 1 aromatic heterocycles. The minimum Gasteiger partial charge on any atom is -0.427 e. The van der Waals surface area contributed by atoms with Crippen LogP contribution in [0.2, 0.25) is 0 Å². The second-order valence-electron chi connectivity index (χ2n) is 7.58. The molecular weight excluding hydrogens is 378 g/mol. The highest BCUT2D eigenvalue weighted by Crippen LogP contribution is 2.31. The van der Waals surface area contributed by atoms with E-state index in [2.05, 4.69) is 10.4 Å². The Bertz CT molecular complexity index is 804. The summed E-state index contributed by atoms with van der Waals surface area (Å²) in [5.74, 6) is -1.14. The second-order valence-corrected chi connectivity index (χ2v) is 7.58. The molecule has 1 saturated heterocycles. The lowest BCUT2D eigenvalue weighted by Gasteiger charge is -2.29. The average molecular weight is 405 g/mol. The minimum absolute atomic E-state index is 0.0711. The molecule has 1 aliphatic heterocycles. The van der Waals surface area contributed by atoms with Gasteiger partial charge in [-0.25, -0.2) is 10.5 Å². The third kappa shape index (κ3) is 5.21. The van der Waals surface area contributed by atoms with E-state index in [0.717, 1.165) is 30.4 Å². The van der Waals surface area contributed by atoms with Crippen molar-refractivity contribution in [2.24, 2.45) is 16.8 Å². The number of hydrazine groups is 1. The molecule has 3 N–H and O–H groups in total. The number of nitrogens with zero attached hydrogens (tertiary/aromatic N) is 4. The van der Waals surface area contributed by atoms with E-state index < -0.39 is 17.9 Å². The Hall–Kier alpha value is -2.72. The van der Waals surface area contributed by atoms with Gasteiger partial charge in [0, 0.05) is 12.7 Å². The van der Waals surface area contributed by atoms with E-state index in [1.54, 1.807) is 12.1 Å². The second kappa shape index (κ2) is 9.66. The van der Waals surface area contributed by atoms with E-state index in [1.807, 2.05) is 0 Å². The zero-order valence-electron chi connectivity index (χ0n) is 16.2. The molecule has 3 amide bonds. The molecule has 29 heavy (non-hydrogen) atoms. The molecule has 2 aliphatic rings. The first-order valence-corrected chi connectivity index (χ1v) is 9.92. The largest absolute Gasteiger partial charge is 0.427 e. The zero-order chi connectivity index (χ0) is 20.8. The quantitative estimate of drug-likeness (QED) is 0.259. The Morgan fingerprint density at radius 2 is 2.07 bits per heavy atom. The van der Waals surface area contributed by atoms with Crippen LogP contribution in [-0.4, -0.2) is 62.6 Å². The fourth-order valence-electron chi connectivity index (χ4n) is 4.10. The molecule has 0 aromatic carbocycles. The number of carbonyl (C=O) groups is 3. The van der Waals surface area contributed by atoms with Crippen LogP contribution in [0.5, 0.6) is 0 Å². The molecule has 1 aromatic rings. The van der Waals surface area contributed by atoms with Crippen molar-refractivity contribution < 1.29 is 24.8 Å². The van der Waals surface area contributed by atoms with Crippen molar-refractivity contribution in [3.8, 4) is 0 Å². The lowest BCUT2D eigenvalue weighted by atomic mass is 9.92. The first-order chi connectivity index (χ1) is 14.0. The molecule has 1 aliphatic carbocycles. The van der Waals surface area contributed by atoms with Crippen LogP contribution in [0.4, 0.5) is 0 Å². The van der Waals surface area contributed by atoms with Crippen LogP contribution >= 0.6 is 0 Å². The van der Waals surface area contributed by atoms with E-state index in [1.165, 1.54) is 17.3 Å². The average Bonchev–Trinajstić information content (AvgIpc) is 3.40. The van der Waals surface area contributed by atoms with Gasteiger partial charge in [0.15, 0.2) is 5.49 Å². The standard InChI is InChI=1S/C19H27N5O5/c25-13-22(28)12-15(11-14-5-1-2-6-14)19(27)24-16(8-9-20-24)18(26)21-17-7-3-4-10-23(17)29/h3-4,7,10,13-16,20,28-29H,1-2,5-6,8-9,11-12H2/t15-,16+/m1/s1. The fraction of sp³-hybridized carbons (Fsp3) is 0.579. The van der Waals surface area contributed by atoms with Gasteiger partial charge in [-0.15, -0.1) is 0 Å². The zero-order valence-corrected chi connectivity index (χ0v) is 16.2. The highest BCUT2D eigenvalue weighted by molar-refractivity contribution is 5.89. The van der Waals surface area contributed by atoms with Crippen LogP contribution in [0.15, 0.2) is 29.4 Å². The van der Waals surface area contributed by atoms with Crippen LogP contribution in [0, 0.1) is 11.8 Å². The third-order valence-electron chi connectivity index (χ3n) is 5.55. The molecule has 0 radical (unpaired) electrons. The van der Waals surface area contributed by atoms with Crippen LogP contribution in [0.1, 0.15) is 38.5 Å². The number of nitrogens with one attached hydrogen (secondary N) is 1. The van der Waals surface area contributed by atoms with Crippen molar-refractivity contribution in [2.45, 2.75) is 44.6 Å². The summed E-state index contributed by atoms with van der Waals surface area (Å²) in [4.78, 5) is 40.7. The van der Waals surface area contributed by atoms with Gasteiger partial charge in [-0.3, -0.25) is 24.6 Å². The smallest absolute Gasteiger partial charge is 0.272 e. The number of hydrogen-bond acceptors (Lipinski definition) is 6. The third-order valence-corrected chi connectivity index (χ3v) is 5.55. The molecule has 0 bridgehead atoms. The van der Waals surface area contributed by atoms with Crippen molar-refractivity contribution in [1.29, 1.82) is 0 Å². The summed E-state index contributed by atoms with van der Waals surface area (Å²) >= 11 is 0. The Kier molecular flexibility index (Phi) is 6.99. The number of rotatable bonds is 7. The van der Waals surface area contributed by atoms with E-state index in [0.29, 0.717) is 30.4 Å². The minimum atomic E-state index is -0.808. The Morgan fingerprint density at radius 3 is 2.76 bits per heavy atom. The molecule has 2 heterocycles. The van der Waals surface area contributed by atoms with Crippen molar-refractivity contribution in [2.75, 3.05) is 13.1 Å². The van der Waals surface area contributed by atoms with Crippen molar-refractivity contribution >= 4 is 18.2 Å². The number of carbonyl (C=O) groups excluding carboxylic acids is 3. The predicted molar refractivity (Wildman–Crippen MR) is 100 cm³/mol. The molecule has 0 unspecified atom stereocenters. The maximum Gasteiger partial charge on any atom is 0.272 e. The molecule has 3 rings (SSSR count). The molecule has 2 fully saturated rings. The van der Waals surface area contributed by atoms with Crippen molar-refractivity contribution in [1.82, 2.24) is 20.2 Å². The summed E-state index contributed by atoms with van der Waals surface area (Å²) in [6.07, 6.45) is 6.84. The molecule has 10 nitrogen and oxygen atoms in total. The summed E-state index contributed by atoms with van der Waals surface area (Å²) in [5.41, 5.74) is 3.00. The van der Waals surface area contributed by atoms with E-state index >= 15 is 0 Å². The number of aromatic nitrogens is 1. The van der Waals surface area contributed by atoms with Crippen LogP contribution in [-0.2, 0) is 14.4 Å². The summed E-state index contributed by atoms with van der Waals surface area (Å²) in [6, 6.07) is 3.92. The van der Waals surface area contributed by atoms with Gasteiger partial charge in [-0.05, 0) is 30.9 Å². The maximum absolute atomic E-state index is 13.2. The molecule has 10 heteroatoms. The Balaban J connectivity index is 1.76. The van der Waals surface area contributed by atoms with Crippen LogP contribution in [0.3, 0.4) is 0 Å². The summed E-state index contributed by atoms with van der Waals surface area (Å²) in [6.45, 7) is 0.308. The summed E-state index contributed by atoms with van der Waals surface area (Å²) in [5, 5.41) is 21.2. The van der Waals surface area contributed by atoms with Gasteiger partial charge in [0.1, 0.15) is 6.04 Å². The molecule has 158 valence electrons. The summed E-state index contributed by atoms with van der Waals surface area (Å²) in [7, 11) is 0. The normalized spacial score (nSPS) is 21.3. The van der Waals surface area contributed by atoms with Gasteiger partial charge in [0.25, 0.3) is 5.91 Å². The highest BCUT2D eigenvalue weighted by atomic mass is 16.5. The lowest BCUT2D eigenvalue weighted by molar-refractivity contribution is -0.159. The van der Waals surface area contributed by atoms with E-state index in [-0.39, 0.29) is 24.3 Å². The van der Waals surface area contributed by atoms with Crippen molar-refractivity contribution in [3.05, 3.63) is 29.9 Å². The van der Waals surface area contributed by atoms with Gasteiger partial charge in [0.05, 0.1) is 12.5 Å². The lowest BCUT2D eigenvalue weighted by Crippen LogP contribution is -2.50. The molecule has 2 atom stereocenters. The van der Waals surface area contributed by atoms with Gasteiger partial charge in [-0.1, -0.05) is 31.7 Å². The van der Waals surface area contributed by atoms with E-state index in [4.69, 9.17) is 0 Å². The van der Waals surface area contributed by atoms with Crippen LogP contribution < -0.4 is 10.9 Å². The molecular formula is C19H27N5O5. The van der Waals surface area contributed by atoms with Crippen molar-refractivity contribution in [3.63, 3.8) is 0 Å². The highest BCUT2D eigenvalue weighted by Gasteiger charge is 2.38. The molecule has 0 spiro atoms. The van der Waals surface area contributed by atoms with Crippen LogP contribution in [0.25, 0.3) is 0 Å². The molecule has 1 saturated carbocycles. The Labute approximate surface area is 168 Å². The number of amides is 3.